The van der Waals surface area contributed by atoms with Crippen LogP contribution in [0.15, 0.2) is 53.0 Å². The lowest BCUT2D eigenvalue weighted by atomic mass is 10.2. The van der Waals surface area contributed by atoms with Gasteiger partial charge in [0.1, 0.15) is 0 Å². The summed E-state index contributed by atoms with van der Waals surface area (Å²) >= 11 is 3.48. The first-order valence-corrected chi connectivity index (χ1v) is 7.22. The number of rotatable bonds is 5. The van der Waals surface area contributed by atoms with Gasteiger partial charge in [0.25, 0.3) is 0 Å². The van der Waals surface area contributed by atoms with Gasteiger partial charge in [0, 0.05) is 36.0 Å². The molecule has 0 radical (unpaired) electrons. The second-order valence-corrected chi connectivity index (χ2v) is 5.61. The highest BCUT2D eigenvalue weighted by atomic mass is 79.9. The molecule has 1 N–H and O–H groups in total. The summed E-state index contributed by atoms with van der Waals surface area (Å²) in [6.07, 6.45) is 0. The molecule has 0 spiro atoms. The van der Waals surface area contributed by atoms with Crippen LogP contribution in [-0.2, 0) is 0 Å². The van der Waals surface area contributed by atoms with Gasteiger partial charge in [-0.2, -0.15) is 0 Å². The fraction of sp³-hybridized carbons (Fsp3) is 0.250. The molecule has 100 valence electrons. The number of hydrogen-bond donors (Lipinski definition) is 1. The number of halogens is 1. The van der Waals surface area contributed by atoms with Crippen molar-refractivity contribution in [2.24, 2.45) is 0 Å². The van der Waals surface area contributed by atoms with Gasteiger partial charge in [-0.15, -0.1) is 0 Å². The minimum Gasteiger partial charge on any atom is -0.383 e. The summed E-state index contributed by atoms with van der Waals surface area (Å²) in [5.41, 5.74) is 3.69. The minimum absolute atomic E-state index is 0.917. The van der Waals surface area contributed by atoms with Crippen molar-refractivity contribution in [1.82, 2.24) is 0 Å². The molecule has 0 heterocycles. The molecule has 0 unspecified atom stereocenters. The van der Waals surface area contributed by atoms with E-state index >= 15 is 0 Å². The summed E-state index contributed by atoms with van der Waals surface area (Å²) in [5.74, 6) is 0. The van der Waals surface area contributed by atoms with Crippen LogP contribution in [0.3, 0.4) is 0 Å². The van der Waals surface area contributed by atoms with Crippen LogP contribution >= 0.6 is 15.9 Å². The van der Waals surface area contributed by atoms with Crippen LogP contribution in [0.25, 0.3) is 0 Å². The molecule has 0 fully saturated rings. The van der Waals surface area contributed by atoms with Crippen LogP contribution in [0.4, 0.5) is 11.4 Å². The Bertz CT molecular complexity index is 523. The first-order valence-electron chi connectivity index (χ1n) is 6.42. The molecule has 2 nitrogen and oxygen atoms in total. The summed E-state index contributed by atoms with van der Waals surface area (Å²) in [7, 11) is 2.12. The maximum absolute atomic E-state index is 3.48. The van der Waals surface area contributed by atoms with Crippen LogP contribution in [-0.4, -0.2) is 20.1 Å². The molecular weight excluding hydrogens is 300 g/mol. The van der Waals surface area contributed by atoms with E-state index in [2.05, 4.69) is 76.5 Å². The number of likely N-dealkylation sites (N-methyl/N-ethyl adjacent to an activating group) is 1. The molecular formula is C16H19BrN2. The molecule has 0 aliphatic heterocycles. The van der Waals surface area contributed by atoms with Gasteiger partial charge in [0.05, 0.1) is 0 Å². The number of hydrogen-bond acceptors (Lipinski definition) is 2. The zero-order valence-electron chi connectivity index (χ0n) is 11.4. The van der Waals surface area contributed by atoms with Crippen molar-refractivity contribution in [3.63, 3.8) is 0 Å². The molecule has 3 heteroatoms. The lowest BCUT2D eigenvalue weighted by Crippen LogP contribution is -2.24. The first-order chi connectivity index (χ1) is 9.15. The fourth-order valence-corrected chi connectivity index (χ4v) is 2.29. The van der Waals surface area contributed by atoms with Gasteiger partial charge >= 0.3 is 0 Å². The third kappa shape index (κ3) is 4.28. The van der Waals surface area contributed by atoms with Gasteiger partial charge in [0.2, 0.25) is 0 Å². The maximum Gasteiger partial charge on any atom is 0.0364 e. The third-order valence-corrected chi connectivity index (χ3v) is 3.57. The Morgan fingerprint density at radius 3 is 2.53 bits per heavy atom. The molecule has 0 atom stereocenters. The molecule has 0 bridgehead atoms. The number of nitrogens with one attached hydrogen (secondary N) is 1. The Morgan fingerprint density at radius 2 is 1.84 bits per heavy atom. The number of aryl methyl sites for hydroxylation is 1. The highest BCUT2D eigenvalue weighted by molar-refractivity contribution is 9.10. The number of benzene rings is 2. The third-order valence-electron chi connectivity index (χ3n) is 3.08. The SMILES string of the molecule is Cc1ccc(N(C)CCNc2cccc(Br)c2)cc1. The van der Waals surface area contributed by atoms with Crippen LogP contribution in [0.1, 0.15) is 5.56 Å². The van der Waals surface area contributed by atoms with Gasteiger partial charge in [0.15, 0.2) is 0 Å². The van der Waals surface area contributed by atoms with Gasteiger partial charge in [-0.05, 0) is 37.3 Å². The topological polar surface area (TPSA) is 15.3 Å². The van der Waals surface area contributed by atoms with E-state index in [4.69, 9.17) is 0 Å². The molecule has 0 aromatic heterocycles. The summed E-state index contributed by atoms with van der Waals surface area (Å²) in [4.78, 5) is 2.25. The molecule has 0 aliphatic rings. The molecule has 0 amide bonds. The minimum atomic E-state index is 0.917. The summed E-state index contributed by atoms with van der Waals surface area (Å²) in [6.45, 7) is 4.00. The van der Waals surface area contributed by atoms with E-state index < -0.39 is 0 Å². The first kappa shape index (κ1) is 13.9. The van der Waals surface area contributed by atoms with Crippen molar-refractivity contribution in [3.8, 4) is 0 Å². The standard InChI is InChI=1S/C16H19BrN2/c1-13-6-8-16(9-7-13)19(2)11-10-18-15-5-3-4-14(17)12-15/h3-9,12,18H,10-11H2,1-2H3. The smallest absolute Gasteiger partial charge is 0.0364 e. The predicted octanol–water partition coefficient (Wildman–Crippen LogP) is 4.31. The van der Waals surface area contributed by atoms with Crippen LogP contribution in [0, 0.1) is 6.92 Å². The van der Waals surface area contributed by atoms with E-state index in [1.54, 1.807) is 0 Å². The fourth-order valence-electron chi connectivity index (χ4n) is 1.89. The Kier molecular flexibility index (Phi) is 4.86. The highest BCUT2D eigenvalue weighted by Gasteiger charge is 2.00. The number of anilines is 2. The van der Waals surface area contributed by atoms with Gasteiger partial charge in [-0.25, -0.2) is 0 Å². The van der Waals surface area contributed by atoms with E-state index in [0.29, 0.717) is 0 Å². The maximum atomic E-state index is 3.48. The Morgan fingerprint density at radius 1 is 1.11 bits per heavy atom. The van der Waals surface area contributed by atoms with Gasteiger partial charge < -0.3 is 10.2 Å². The Hall–Kier alpha value is -1.48. The van der Waals surface area contributed by atoms with E-state index in [0.717, 1.165) is 23.2 Å². The van der Waals surface area contributed by atoms with Crippen LogP contribution in [0.5, 0.6) is 0 Å². The lowest BCUT2D eigenvalue weighted by molar-refractivity contribution is 0.914. The predicted molar refractivity (Wildman–Crippen MR) is 87.1 cm³/mol. The highest BCUT2D eigenvalue weighted by Crippen LogP contribution is 2.16. The van der Waals surface area contributed by atoms with Crippen molar-refractivity contribution < 1.29 is 0 Å². The van der Waals surface area contributed by atoms with Crippen molar-refractivity contribution in [3.05, 3.63) is 58.6 Å². The number of nitrogens with zero attached hydrogens (tertiary/aromatic N) is 1. The van der Waals surface area contributed by atoms with E-state index in [1.807, 2.05) is 12.1 Å². The van der Waals surface area contributed by atoms with E-state index in [-0.39, 0.29) is 0 Å². The summed E-state index contributed by atoms with van der Waals surface area (Å²) in [5, 5.41) is 3.43. The van der Waals surface area contributed by atoms with Gasteiger partial charge in [-0.1, -0.05) is 39.7 Å². The average Bonchev–Trinajstić information content (AvgIpc) is 2.39. The summed E-state index contributed by atoms with van der Waals surface area (Å²) in [6, 6.07) is 16.9. The zero-order chi connectivity index (χ0) is 13.7. The Labute approximate surface area is 123 Å². The monoisotopic (exact) mass is 318 g/mol. The molecule has 2 aromatic carbocycles. The second kappa shape index (κ2) is 6.62. The summed E-state index contributed by atoms with van der Waals surface area (Å²) < 4.78 is 1.10. The molecule has 0 aliphatic carbocycles. The molecule has 2 rings (SSSR count). The van der Waals surface area contributed by atoms with Crippen molar-refractivity contribution >= 4 is 27.3 Å². The van der Waals surface area contributed by atoms with Crippen molar-refractivity contribution in [2.45, 2.75) is 6.92 Å². The van der Waals surface area contributed by atoms with Crippen LogP contribution in [0.2, 0.25) is 0 Å². The lowest BCUT2D eigenvalue weighted by Gasteiger charge is -2.20. The normalized spacial score (nSPS) is 10.3. The van der Waals surface area contributed by atoms with Crippen LogP contribution < -0.4 is 10.2 Å². The average molecular weight is 319 g/mol. The molecule has 0 saturated carbocycles. The zero-order valence-corrected chi connectivity index (χ0v) is 12.9. The van der Waals surface area contributed by atoms with Crippen molar-refractivity contribution in [2.75, 3.05) is 30.4 Å². The van der Waals surface area contributed by atoms with E-state index in [9.17, 15) is 0 Å². The van der Waals surface area contributed by atoms with Gasteiger partial charge in [-0.3, -0.25) is 0 Å². The Balaban J connectivity index is 1.84. The second-order valence-electron chi connectivity index (χ2n) is 4.69. The molecule has 19 heavy (non-hydrogen) atoms. The molecule has 0 saturated heterocycles. The molecule has 2 aromatic rings. The largest absolute Gasteiger partial charge is 0.383 e. The van der Waals surface area contributed by atoms with Crippen molar-refractivity contribution in [1.29, 1.82) is 0 Å². The quantitative estimate of drug-likeness (QED) is 0.883. The van der Waals surface area contributed by atoms with E-state index in [1.165, 1.54) is 11.3 Å².